The number of anilines is 1. The number of carbonyl (C=O) groups excluding carboxylic acids is 2. The number of nitro groups is 1. The molecule has 0 aliphatic carbocycles. The number of hydrogen-bond donors (Lipinski definition) is 2. The van der Waals surface area contributed by atoms with Gasteiger partial charge >= 0.3 is 0 Å². The quantitative estimate of drug-likeness (QED) is 0.276. The van der Waals surface area contributed by atoms with Gasteiger partial charge in [-0.2, -0.15) is 16.9 Å². The highest BCUT2D eigenvalue weighted by molar-refractivity contribution is 7.98. The lowest BCUT2D eigenvalue weighted by Gasteiger charge is -2.10. The van der Waals surface area contributed by atoms with Crippen molar-refractivity contribution in [2.24, 2.45) is 0 Å². The van der Waals surface area contributed by atoms with Crippen LogP contribution >= 0.6 is 11.8 Å². The van der Waals surface area contributed by atoms with Crippen LogP contribution in [0.3, 0.4) is 0 Å². The second-order valence-corrected chi connectivity index (χ2v) is 8.67. The first kappa shape index (κ1) is 23.2. The molecule has 0 saturated heterocycles. The minimum atomic E-state index is -0.474. The van der Waals surface area contributed by atoms with Gasteiger partial charge in [0.25, 0.3) is 5.69 Å². The van der Waals surface area contributed by atoms with E-state index in [9.17, 15) is 19.7 Å². The van der Waals surface area contributed by atoms with Gasteiger partial charge in [0.2, 0.25) is 11.8 Å². The van der Waals surface area contributed by atoms with E-state index < -0.39 is 4.92 Å². The molecular weight excluding hydrogens is 454 g/mol. The maximum absolute atomic E-state index is 12.6. The van der Waals surface area contributed by atoms with E-state index in [4.69, 9.17) is 0 Å². The van der Waals surface area contributed by atoms with Crippen LogP contribution in [0.5, 0.6) is 0 Å². The fraction of sp³-hybridized carbons (Fsp3) is 0.208. The van der Waals surface area contributed by atoms with Crippen molar-refractivity contribution in [2.45, 2.75) is 24.5 Å². The van der Waals surface area contributed by atoms with Gasteiger partial charge in [-0.1, -0.05) is 30.3 Å². The third kappa shape index (κ3) is 5.90. The van der Waals surface area contributed by atoms with Gasteiger partial charge in [0.05, 0.1) is 10.6 Å². The van der Waals surface area contributed by atoms with E-state index in [-0.39, 0.29) is 24.0 Å². The second-order valence-electron chi connectivity index (χ2n) is 7.68. The molecule has 2 N–H and O–H groups in total. The summed E-state index contributed by atoms with van der Waals surface area (Å²) in [6.45, 7) is 0.521. The first-order valence-corrected chi connectivity index (χ1v) is 11.9. The van der Waals surface area contributed by atoms with Crippen molar-refractivity contribution in [3.63, 3.8) is 0 Å². The molecular formula is C24H23N5O4S. The fourth-order valence-corrected chi connectivity index (χ4v) is 4.58. The number of amides is 2. The maximum Gasteiger partial charge on any atom is 0.269 e. The van der Waals surface area contributed by atoms with Crippen molar-refractivity contribution < 1.29 is 14.5 Å². The number of aromatic nitrogens is 2. The standard InChI is InChI=1S/C24H23N5O4S/c30-22(11-8-18-6-9-19(10-7-18)29(32)33)26-24-20-15-34-16-21(20)27-28(24)14-23(31)25-13-12-17-4-2-1-3-5-17/h1-11H,12-16H2,(H,25,31)(H,26,30)/b11-8-. The molecule has 34 heavy (non-hydrogen) atoms. The molecule has 2 heterocycles. The van der Waals surface area contributed by atoms with Gasteiger partial charge in [-0.15, -0.1) is 0 Å². The SMILES string of the molecule is O=C(/C=C\c1ccc([N+](=O)[O-])cc1)Nc1c2c(nn1CC(=O)NCCc1ccccc1)CSC2. The van der Waals surface area contributed by atoms with Crippen molar-refractivity contribution in [1.29, 1.82) is 0 Å². The molecule has 1 aliphatic heterocycles. The van der Waals surface area contributed by atoms with Gasteiger partial charge in [0.1, 0.15) is 12.4 Å². The summed E-state index contributed by atoms with van der Waals surface area (Å²) in [6.07, 6.45) is 3.66. The minimum Gasteiger partial charge on any atom is -0.354 e. The van der Waals surface area contributed by atoms with Crippen LogP contribution in [-0.4, -0.2) is 33.1 Å². The summed E-state index contributed by atoms with van der Waals surface area (Å²) in [5.74, 6) is 1.42. The van der Waals surface area contributed by atoms with Crippen molar-refractivity contribution in [2.75, 3.05) is 11.9 Å². The molecule has 0 spiro atoms. The second kappa shape index (κ2) is 10.8. The molecule has 1 aromatic heterocycles. The van der Waals surface area contributed by atoms with E-state index >= 15 is 0 Å². The zero-order valence-electron chi connectivity index (χ0n) is 18.3. The molecule has 2 amide bonds. The lowest BCUT2D eigenvalue weighted by atomic mass is 10.1. The van der Waals surface area contributed by atoms with E-state index in [0.717, 1.165) is 29.0 Å². The Morgan fingerprint density at radius 1 is 1.12 bits per heavy atom. The molecule has 0 bridgehead atoms. The number of thioether (sulfide) groups is 1. The van der Waals surface area contributed by atoms with Crippen LogP contribution in [-0.2, 0) is 34.1 Å². The molecule has 9 nitrogen and oxygen atoms in total. The topological polar surface area (TPSA) is 119 Å². The molecule has 2 aromatic carbocycles. The van der Waals surface area contributed by atoms with Gasteiger partial charge in [-0.05, 0) is 35.8 Å². The number of benzene rings is 2. The average Bonchev–Trinajstić information content (AvgIpc) is 3.41. The summed E-state index contributed by atoms with van der Waals surface area (Å²) in [5, 5.41) is 21.0. The fourth-order valence-electron chi connectivity index (χ4n) is 3.54. The van der Waals surface area contributed by atoms with Crippen LogP contribution in [0.15, 0.2) is 60.7 Å². The Hall–Kier alpha value is -3.92. The summed E-state index contributed by atoms with van der Waals surface area (Å²) in [4.78, 5) is 35.4. The summed E-state index contributed by atoms with van der Waals surface area (Å²) < 4.78 is 1.54. The average molecular weight is 478 g/mol. The zero-order chi connectivity index (χ0) is 23.9. The van der Waals surface area contributed by atoms with Gasteiger partial charge in [0.15, 0.2) is 0 Å². The number of nitrogens with zero attached hydrogens (tertiary/aromatic N) is 3. The predicted octanol–water partition coefficient (Wildman–Crippen LogP) is 3.55. The summed E-state index contributed by atoms with van der Waals surface area (Å²) in [6, 6.07) is 15.8. The summed E-state index contributed by atoms with van der Waals surface area (Å²) in [7, 11) is 0. The molecule has 0 saturated carbocycles. The van der Waals surface area contributed by atoms with Gasteiger partial charge < -0.3 is 10.6 Å². The molecule has 10 heteroatoms. The van der Waals surface area contributed by atoms with E-state index in [1.807, 2.05) is 30.3 Å². The first-order chi connectivity index (χ1) is 16.5. The van der Waals surface area contributed by atoms with Crippen molar-refractivity contribution in [3.8, 4) is 0 Å². The number of rotatable bonds is 9. The Balaban J connectivity index is 1.38. The Morgan fingerprint density at radius 2 is 1.88 bits per heavy atom. The van der Waals surface area contributed by atoms with E-state index in [1.54, 1.807) is 34.7 Å². The van der Waals surface area contributed by atoms with Crippen molar-refractivity contribution in [1.82, 2.24) is 15.1 Å². The van der Waals surface area contributed by atoms with Crippen LogP contribution < -0.4 is 10.6 Å². The number of fused-ring (bicyclic) bond motifs is 1. The van der Waals surface area contributed by atoms with Crippen molar-refractivity contribution in [3.05, 3.63) is 93.2 Å². The van der Waals surface area contributed by atoms with Crippen LogP contribution in [0.25, 0.3) is 6.08 Å². The van der Waals surface area contributed by atoms with Crippen molar-refractivity contribution >= 4 is 41.2 Å². The Kier molecular flexibility index (Phi) is 7.38. The Bertz CT molecular complexity index is 1220. The van der Waals surface area contributed by atoms with Crippen LogP contribution in [0, 0.1) is 10.1 Å². The smallest absolute Gasteiger partial charge is 0.269 e. The summed E-state index contributed by atoms with van der Waals surface area (Å²) >= 11 is 1.70. The molecule has 0 atom stereocenters. The molecule has 0 fully saturated rings. The van der Waals surface area contributed by atoms with Crippen LogP contribution in [0.1, 0.15) is 22.4 Å². The van der Waals surface area contributed by atoms with Gasteiger partial charge in [-0.3, -0.25) is 19.7 Å². The molecule has 0 radical (unpaired) electrons. The molecule has 4 rings (SSSR count). The summed E-state index contributed by atoms with van der Waals surface area (Å²) in [5.41, 5.74) is 3.59. The van der Waals surface area contributed by atoms with E-state index in [2.05, 4.69) is 15.7 Å². The van der Waals surface area contributed by atoms with E-state index in [1.165, 1.54) is 18.2 Å². The Labute approximate surface area is 200 Å². The lowest BCUT2D eigenvalue weighted by molar-refractivity contribution is -0.384. The molecule has 1 aliphatic rings. The number of nitro benzene ring substituents is 1. The van der Waals surface area contributed by atoms with Crippen LogP contribution in [0.2, 0.25) is 0 Å². The lowest BCUT2D eigenvalue weighted by Crippen LogP contribution is -2.30. The van der Waals surface area contributed by atoms with E-state index in [0.29, 0.717) is 23.7 Å². The third-order valence-electron chi connectivity index (χ3n) is 5.26. The minimum absolute atomic E-state index is 0.00807. The highest BCUT2D eigenvalue weighted by atomic mass is 32.2. The highest BCUT2D eigenvalue weighted by Crippen LogP contribution is 2.34. The third-order valence-corrected chi connectivity index (χ3v) is 6.23. The number of carbonyl (C=O) groups is 2. The molecule has 174 valence electrons. The maximum atomic E-state index is 12.6. The first-order valence-electron chi connectivity index (χ1n) is 10.7. The molecule has 0 unspecified atom stereocenters. The normalized spacial score (nSPS) is 12.5. The van der Waals surface area contributed by atoms with Crippen LogP contribution in [0.4, 0.5) is 11.5 Å². The predicted molar refractivity (Wildman–Crippen MR) is 131 cm³/mol. The number of nitrogens with one attached hydrogen (secondary N) is 2. The number of hydrogen-bond acceptors (Lipinski definition) is 6. The molecule has 3 aromatic rings. The zero-order valence-corrected chi connectivity index (χ0v) is 19.1. The monoisotopic (exact) mass is 477 g/mol. The van der Waals surface area contributed by atoms with Gasteiger partial charge in [0, 0.05) is 41.8 Å². The number of non-ortho nitro benzene ring substituents is 1. The Morgan fingerprint density at radius 3 is 2.62 bits per heavy atom. The van der Waals surface area contributed by atoms with Gasteiger partial charge in [-0.25, -0.2) is 4.68 Å². The largest absolute Gasteiger partial charge is 0.354 e. The highest BCUT2D eigenvalue weighted by Gasteiger charge is 2.24.